The SMILES string of the molecule is COCCn1c(=NC(=O)Cc2ccc(Cl)s2)sc2cc(C)ccc21. The number of benzene rings is 1. The third-order valence-electron chi connectivity index (χ3n) is 3.53. The van der Waals surface area contributed by atoms with E-state index >= 15 is 0 Å². The number of aromatic nitrogens is 1. The zero-order valence-corrected chi connectivity index (χ0v) is 15.8. The highest BCUT2D eigenvalue weighted by Gasteiger charge is 2.09. The van der Waals surface area contributed by atoms with E-state index in [0.717, 1.165) is 15.1 Å². The van der Waals surface area contributed by atoms with Crippen molar-refractivity contribution in [2.24, 2.45) is 4.99 Å². The quantitative estimate of drug-likeness (QED) is 0.670. The Balaban J connectivity index is 1.98. The van der Waals surface area contributed by atoms with Crippen LogP contribution in [0.3, 0.4) is 0 Å². The second-order valence-electron chi connectivity index (χ2n) is 5.39. The molecule has 0 aliphatic carbocycles. The summed E-state index contributed by atoms with van der Waals surface area (Å²) in [7, 11) is 1.67. The molecule has 7 heteroatoms. The summed E-state index contributed by atoms with van der Waals surface area (Å²) in [6, 6.07) is 9.92. The Morgan fingerprint density at radius 2 is 2.12 bits per heavy atom. The van der Waals surface area contributed by atoms with Crippen LogP contribution in [0.1, 0.15) is 10.4 Å². The van der Waals surface area contributed by atoms with Gasteiger partial charge in [0.2, 0.25) is 0 Å². The van der Waals surface area contributed by atoms with Gasteiger partial charge in [0, 0.05) is 18.5 Å². The molecule has 0 spiro atoms. The maximum atomic E-state index is 12.3. The van der Waals surface area contributed by atoms with Gasteiger partial charge in [0.05, 0.1) is 27.6 Å². The number of ether oxygens (including phenoxy) is 1. The number of halogens is 1. The first-order valence-corrected chi connectivity index (χ1v) is 9.48. The fourth-order valence-corrected chi connectivity index (χ4v) is 4.66. The minimum atomic E-state index is -0.164. The molecule has 0 saturated heterocycles. The molecule has 0 fully saturated rings. The van der Waals surface area contributed by atoms with Gasteiger partial charge in [0.25, 0.3) is 5.91 Å². The summed E-state index contributed by atoms with van der Waals surface area (Å²) < 4.78 is 9.04. The van der Waals surface area contributed by atoms with Crippen LogP contribution in [0, 0.1) is 6.92 Å². The number of hydrogen-bond acceptors (Lipinski definition) is 4. The number of hydrogen-bond donors (Lipinski definition) is 0. The number of amides is 1. The Kier molecular flexibility index (Phi) is 5.50. The van der Waals surface area contributed by atoms with Gasteiger partial charge in [0.15, 0.2) is 4.80 Å². The summed E-state index contributed by atoms with van der Waals surface area (Å²) in [6.45, 7) is 3.29. The Morgan fingerprint density at radius 1 is 1.29 bits per heavy atom. The maximum Gasteiger partial charge on any atom is 0.253 e. The minimum absolute atomic E-state index is 0.164. The average Bonchev–Trinajstić information content (AvgIpc) is 3.08. The molecule has 0 unspecified atom stereocenters. The average molecular weight is 381 g/mol. The van der Waals surface area contributed by atoms with E-state index in [1.165, 1.54) is 28.2 Å². The number of nitrogens with zero attached hydrogens (tertiary/aromatic N) is 2. The van der Waals surface area contributed by atoms with Crippen LogP contribution in [-0.2, 0) is 22.5 Å². The minimum Gasteiger partial charge on any atom is -0.383 e. The predicted molar refractivity (Wildman–Crippen MR) is 100 cm³/mol. The summed E-state index contributed by atoms with van der Waals surface area (Å²) in [5, 5.41) is 0. The van der Waals surface area contributed by atoms with Gasteiger partial charge in [0.1, 0.15) is 0 Å². The fourth-order valence-electron chi connectivity index (χ4n) is 2.41. The lowest BCUT2D eigenvalue weighted by Gasteiger charge is -2.04. The van der Waals surface area contributed by atoms with Crippen LogP contribution in [-0.4, -0.2) is 24.2 Å². The molecule has 2 heterocycles. The molecule has 0 aliphatic rings. The lowest BCUT2D eigenvalue weighted by molar-refractivity contribution is -0.117. The van der Waals surface area contributed by atoms with Crippen molar-refractivity contribution < 1.29 is 9.53 Å². The number of methoxy groups -OCH3 is 1. The molecule has 0 saturated carbocycles. The fraction of sp³-hybridized carbons (Fsp3) is 0.294. The topological polar surface area (TPSA) is 43.6 Å². The third kappa shape index (κ3) is 3.95. The van der Waals surface area contributed by atoms with E-state index in [4.69, 9.17) is 16.3 Å². The van der Waals surface area contributed by atoms with Gasteiger partial charge in [-0.05, 0) is 36.8 Å². The van der Waals surface area contributed by atoms with Crippen molar-refractivity contribution in [1.82, 2.24) is 4.57 Å². The van der Waals surface area contributed by atoms with Crippen LogP contribution >= 0.6 is 34.3 Å². The molecule has 0 bridgehead atoms. The second-order valence-corrected chi connectivity index (χ2v) is 8.20. The van der Waals surface area contributed by atoms with Crippen molar-refractivity contribution in [2.75, 3.05) is 13.7 Å². The summed E-state index contributed by atoms with van der Waals surface area (Å²) in [5.74, 6) is -0.164. The Labute approximate surface area is 153 Å². The number of thiophene rings is 1. The molecule has 3 rings (SSSR count). The van der Waals surface area contributed by atoms with Crippen molar-refractivity contribution in [1.29, 1.82) is 0 Å². The largest absolute Gasteiger partial charge is 0.383 e. The first kappa shape index (κ1) is 17.4. The number of thiazole rings is 1. The highest BCUT2D eigenvalue weighted by atomic mass is 35.5. The van der Waals surface area contributed by atoms with E-state index in [2.05, 4.69) is 30.1 Å². The van der Waals surface area contributed by atoms with E-state index in [0.29, 0.717) is 22.3 Å². The predicted octanol–water partition coefficient (Wildman–Crippen LogP) is 4.04. The molecule has 1 aromatic carbocycles. The van der Waals surface area contributed by atoms with Crippen molar-refractivity contribution in [2.45, 2.75) is 19.9 Å². The van der Waals surface area contributed by atoms with Crippen LogP contribution in [0.5, 0.6) is 0 Å². The molecule has 0 aliphatic heterocycles. The lowest BCUT2D eigenvalue weighted by Crippen LogP contribution is -2.19. The molecule has 0 N–H and O–H groups in total. The molecular formula is C17H17ClN2O2S2. The zero-order valence-electron chi connectivity index (χ0n) is 13.4. The van der Waals surface area contributed by atoms with Crippen LogP contribution < -0.4 is 4.80 Å². The molecule has 3 aromatic rings. The molecule has 0 atom stereocenters. The number of fused-ring (bicyclic) bond motifs is 1. The summed E-state index contributed by atoms with van der Waals surface area (Å²) in [4.78, 5) is 18.3. The number of aryl methyl sites for hydroxylation is 1. The van der Waals surface area contributed by atoms with E-state index in [1.807, 2.05) is 10.6 Å². The number of rotatable bonds is 5. The molecule has 1 amide bonds. The van der Waals surface area contributed by atoms with Crippen molar-refractivity contribution in [3.05, 3.63) is 49.9 Å². The first-order chi connectivity index (χ1) is 11.6. The van der Waals surface area contributed by atoms with Crippen molar-refractivity contribution in [3.8, 4) is 0 Å². The Morgan fingerprint density at radius 3 is 2.83 bits per heavy atom. The van der Waals surface area contributed by atoms with E-state index in [1.54, 1.807) is 13.2 Å². The zero-order chi connectivity index (χ0) is 17.1. The highest BCUT2D eigenvalue weighted by molar-refractivity contribution is 7.16. The van der Waals surface area contributed by atoms with Crippen LogP contribution in [0.2, 0.25) is 4.34 Å². The van der Waals surface area contributed by atoms with Gasteiger partial charge < -0.3 is 9.30 Å². The second kappa shape index (κ2) is 7.61. The van der Waals surface area contributed by atoms with Gasteiger partial charge in [-0.25, -0.2) is 0 Å². The first-order valence-electron chi connectivity index (χ1n) is 7.47. The van der Waals surface area contributed by atoms with E-state index in [-0.39, 0.29) is 12.3 Å². The monoisotopic (exact) mass is 380 g/mol. The molecule has 2 aromatic heterocycles. The normalized spacial score (nSPS) is 12.2. The van der Waals surface area contributed by atoms with Gasteiger partial charge in [-0.15, -0.1) is 11.3 Å². The van der Waals surface area contributed by atoms with Crippen molar-refractivity contribution in [3.63, 3.8) is 0 Å². The third-order valence-corrected chi connectivity index (χ3v) is 5.80. The highest BCUT2D eigenvalue weighted by Crippen LogP contribution is 2.22. The molecule has 126 valence electrons. The molecule has 0 radical (unpaired) electrons. The summed E-state index contributed by atoms with van der Waals surface area (Å²) in [5.41, 5.74) is 2.27. The van der Waals surface area contributed by atoms with E-state index in [9.17, 15) is 4.79 Å². The smallest absolute Gasteiger partial charge is 0.253 e. The van der Waals surface area contributed by atoms with Crippen molar-refractivity contribution >= 4 is 50.4 Å². The summed E-state index contributed by atoms with van der Waals surface area (Å²) >= 11 is 8.86. The molecular weight excluding hydrogens is 364 g/mol. The van der Waals surface area contributed by atoms with Gasteiger partial charge >= 0.3 is 0 Å². The lowest BCUT2D eigenvalue weighted by atomic mass is 10.2. The number of carbonyl (C=O) groups is 1. The van der Waals surface area contributed by atoms with Crippen LogP contribution in [0.25, 0.3) is 10.2 Å². The van der Waals surface area contributed by atoms with Gasteiger partial charge in [-0.2, -0.15) is 4.99 Å². The van der Waals surface area contributed by atoms with E-state index < -0.39 is 0 Å². The van der Waals surface area contributed by atoms with Gasteiger partial charge in [-0.1, -0.05) is 29.0 Å². The van der Waals surface area contributed by atoms with Crippen LogP contribution in [0.15, 0.2) is 35.3 Å². The van der Waals surface area contributed by atoms with Crippen LogP contribution in [0.4, 0.5) is 0 Å². The Bertz CT molecular complexity index is 940. The number of carbonyl (C=O) groups excluding carboxylic acids is 1. The molecule has 4 nitrogen and oxygen atoms in total. The summed E-state index contributed by atoms with van der Waals surface area (Å²) in [6.07, 6.45) is 0.273. The van der Waals surface area contributed by atoms with Gasteiger partial charge in [-0.3, -0.25) is 4.79 Å². The standard InChI is InChI=1S/C17H17ClN2O2S2/c1-11-3-5-13-14(9-11)24-17(20(13)7-8-22-2)19-16(21)10-12-4-6-15(18)23-12/h3-6,9H,7-8,10H2,1-2H3. The maximum absolute atomic E-state index is 12.3. The molecule has 24 heavy (non-hydrogen) atoms. The Hall–Kier alpha value is -1.47.